The summed E-state index contributed by atoms with van der Waals surface area (Å²) in [5, 5.41) is 10.2. The summed E-state index contributed by atoms with van der Waals surface area (Å²) >= 11 is 0. The number of rotatable bonds is 8. The van der Waals surface area contributed by atoms with E-state index >= 15 is 0 Å². The highest BCUT2D eigenvalue weighted by Crippen LogP contribution is 2.25. The van der Waals surface area contributed by atoms with Crippen LogP contribution in [0.4, 0.5) is 10.2 Å². The SMILES string of the molecule is C=CCC[C@@H](O)CN1CCN(c2nc(C)nc(C)c2Cc2cccc(F)c2)CC1. The largest absolute Gasteiger partial charge is 0.392 e. The van der Waals surface area contributed by atoms with Crippen LogP contribution in [0.2, 0.25) is 0 Å². The lowest BCUT2D eigenvalue weighted by molar-refractivity contribution is 0.103. The first-order valence-corrected chi connectivity index (χ1v) is 10.3. The lowest BCUT2D eigenvalue weighted by Gasteiger charge is -2.37. The molecule has 0 unspecified atom stereocenters. The number of hydrogen-bond acceptors (Lipinski definition) is 5. The highest BCUT2D eigenvalue weighted by molar-refractivity contribution is 5.51. The highest BCUT2D eigenvalue weighted by atomic mass is 19.1. The average molecular weight is 399 g/mol. The second-order valence-corrected chi connectivity index (χ2v) is 7.77. The standard InChI is InChI=1S/C23H31FN4O/c1-4-5-9-21(29)16-27-10-12-28(13-11-27)23-22(17(2)25-18(3)26-23)15-19-7-6-8-20(24)14-19/h4,6-8,14,21,29H,1,5,9-13,15-16H2,2-3H3/t21-/m1/s1. The van der Waals surface area contributed by atoms with Gasteiger partial charge in [0, 0.05) is 50.4 Å². The molecule has 1 aromatic heterocycles. The first kappa shape index (κ1) is 21.4. The molecular formula is C23H31FN4O. The van der Waals surface area contributed by atoms with Crippen molar-refractivity contribution in [2.45, 2.75) is 39.2 Å². The van der Waals surface area contributed by atoms with E-state index in [1.54, 1.807) is 12.1 Å². The molecule has 6 heteroatoms. The maximum atomic E-state index is 13.6. The number of aliphatic hydroxyl groups excluding tert-OH is 1. The summed E-state index contributed by atoms with van der Waals surface area (Å²) in [5.74, 6) is 1.48. The number of aromatic nitrogens is 2. The van der Waals surface area contributed by atoms with E-state index in [0.29, 0.717) is 13.0 Å². The Morgan fingerprint density at radius 2 is 1.97 bits per heavy atom. The first-order chi connectivity index (χ1) is 14.0. The molecule has 2 heterocycles. The highest BCUT2D eigenvalue weighted by Gasteiger charge is 2.23. The van der Waals surface area contributed by atoms with E-state index in [1.807, 2.05) is 26.0 Å². The van der Waals surface area contributed by atoms with Gasteiger partial charge in [-0.2, -0.15) is 0 Å². The number of benzene rings is 1. The molecule has 1 atom stereocenters. The van der Waals surface area contributed by atoms with Gasteiger partial charge in [0.25, 0.3) is 0 Å². The summed E-state index contributed by atoms with van der Waals surface area (Å²) in [5.41, 5.74) is 2.92. The second-order valence-electron chi connectivity index (χ2n) is 7.77. The fourth-order valence-electron chi connectivity index (χ4n) is 3.88. The Morgan fingerprint density at radius 1 is 1.21 bits per heavy atom. The van der Waals surface area contributed by atoms with Gasteiger partial charge in [-0.3, -0.25) is 4.90 Å². The van der Waals surface area contributed by atoms with Crippen LogP contribution in [0.15, 0.2) is 36.9 Å². The number of anilines is 1. The van der Waals surface area contributed by atoms with Crippen molar-refractivity contribution in [3.8, 4) is 0 Å². The van der Waals surface area contributed by atoms with Crippen molar-refractivity contribution in [1.82, 2.24) is 14.9 Å². The topological polar surface area (TPSA) is 52.5 Å². The van der Waals surface area contributed by atoms with Gasteiger partial charge in [-0.05, 0) is 44.4 Å². The molecule has 5 nitrogen and oxygen atoms in total. The van der Waals surface area contributed by atoms with E-state index in [9.17, 15) is 9.50 Å². The van der Waals surface area contributed by atoms with Gasteiger partial charge in [0.1, 0.15) is 17.5 Å². The van der Waals surface area contributed by atoms with Gasteiger partial charge in [0.2, 0.25) is 0 Å². The Balaban J connectivity index is 1.71. The van der Waals surface area contributed by atoms with Gasteiger partial charge < -0.3 is 10.0 Å². The molecule has 3 rings (SSSR count). The van der Waals surface area contributed by atoms with E-state index in [2.05, 4.69) is 21.4 Å². The Hall–Kier alpha value is -2.31. The Bertz CT molecular complexity index is 834. The normalized spacial score (nSPS) is 16.1. The zero-order chi connectivity index (χ0) is 20.8. The van der Waals surface area contributed by atoms with E-state index in [4.69, 9.17) is 4.98 Å². The summed E-state index contributed by atoms with van der Waals surface area (Å²) in [4.78, 5) is 13.9. The van der Waals surface area contributed by atoms with Crippen molar-refractivity contribution >= 4 is 5.82 Å². The average Bonchev–Trinajstić information content (AvgIpc) is 2.69. The molecule has 1 aromatic carbocycles. The van der Waals surface area contributed by atoms with Crippen LogP contribution in [0.1, 0.15) is 35.5 Å². The number of aryl methyl sites for hydroxylation is 2. The van der Waals surface area contributed by atoms with Crippen molar-refractivity contribution in [1.29, 1.82) is 0 Å². The molecule has 0 bridgehead atoms. The molecule has 1 fully saturated rings. The first-order valence-electron chi connectivity index (χ1n) is 10.3. The van der Waals surface area contributed by atoms with Crippen molar-refractivity contribution in [2.75, 3.05) is 37.6 Å². The molecule has 0 spiro atoms. The number of halogens is 1. The summed E-state index contributed by atoms with van der Waals surface area (Å²) in [7, 11) is 0. The van der Waals surface area contributed by atoms with Gasteiger partial charge in [0.05, 0.1) is 6.10 Å². The van der Waals surface area contributed by atoms with Gasteiger partial charge in [-0.15, -0.1) is 6.58 Å². The van der Waals surface area contributed by atoms with Crippen molar-refractivity contribution in [2.24, 2.45) is 0 Å². The maximum Gasteiger partial charge on any atom is 0.136 e. The molecule has 156 valence electrons. The molecule has 0 radical (unpaired) electrons. The number of hydrogen-bond donors (Lipinski definition) is 1. The monoisotopic (exact) mass is 398 g/mol. The molecular weight excluding hydrogens is 367 g/mol. The third-order valence-electron chi connectivity index (χ3n) is 5.42. The van der Waals surface area contributed by atoms with E-state index in [1.165, 1.54) is 6.07 Å². The van der Waals surface area contributed by atoms with Crippen molar-refractivity contribution in [3.05, 3.63) is 65.4 Å². The minimum atomic E-state index is -0.313. The third kappa shape index (κ3) is 5.84. The fourth-order valence-corrected chi connectivity index (χ4v) is 3.88. The summed E-state index contributed by atoms with van der Waals surface area (Å²) in [6, 6.07) is 6.72. The number of allylic oxidation sites excluding steroid dienone is 1. The lowest BCUT2D eigenvalue weighted by atomic mass is 10.0. The third-order valence-corrected chi connectivity index (χ3v) is 5.42. The number of piperazine rings is 1. The van der Waals surface area contributed by atoms with E-state index < -0.39 is 0 Å². The van der Waals surface area contributed by atoms with Crippen molar-refractivity contribution < 1.29 is 9.50 Å². The smallest absolute Gasteiger partial charge is 0.136 e. The minimum Gasteiger partial charge on any atom is -0.392 e. The molecule has 0 aliphatic carbocycles. The van der Waals surface area contributed by atoms with E-state index in [-0.39, 0.29) is 11.9 Å². The zero-order valence-corrected chi connectivity index (χ0v) is 17.4. The van der Waals surface area contributed by atoms with Gasteiger partial charge in [-0.25, -0.2) is 14.4 Å². The van der Waals surface area contributed by atoms with Gasteiger partial charge in [0.15, 0.2) is 0 Å². The zero-order valence-electron chi connectivity index (χ0n) is 17.4. The Kier molecular flexibility index (Phi) is 7.34. The molecule has 1 aliphatic rings. The molecule has 1 aliphatic heterocycles. The second kappa shape index (κ2) is 9.94. The van der Waals surface area contributed by atoms with Crippen LogP contribution in [0, 0.1) is 19.7 Å². The number of β-amino-alcohol motifs (C(OH)–C–C–N with tert-alkyl or cyclic N) is 1. The predicted molar refractivity (Wildman–Crippen MR) is 115 cm³/mol. The summed E-state index contributed by atoms with van der Waals surface area (Å²) in [6.45, 7) is 11.8. The Labute approximate surface area is 172 Å². The number of aliphatic hydroxyl groups is 1. The molecule has 1 N–H and O–H groups in total. The van der Waals surface area contributed by atoms with Crippen LogP contribution >= 0.6 is 0 Å². The molecule has 0 saturated carbocycles. The van der Waals surface area contributed by atoms with Crippen molar-refractivity contribution in [3.63, 3.8) is 0 Å². The van der Waals surface area contributed by atoms with Crippen LogP contribution in [0.5, 0.6) is 0 Å². The lowest BCUT2D eigenvalue weighted by Crippen LogP contribution is -2.49. The fraction of sp³-hybridized carbons (Fsp3) is 0.478. The van der Waals surface area contributed by atoms with E-state index in [0.717, 1.165) is 67.5 Å². The van der Waals surface area contributed by atoms with Gasteiger partial charge >= 0.3 is 0 Å². The summed E-state index contributed by atoms with van der Waals surface area (Å²) in [6.07, 6.45) is 3.74. The molecule has 2 aromatic rings. The van der Waals surface area contributed by atoms with Crippen LogP contribution in [0.25, 0.3) is 0 Å². The summed E-state index contributed by atoms with van der Waals surface area (Å²) < 4.78 is 13.6. The molecule has 0 amide bonds. The van der Waals surface area contributed by atoms with Crippen LogP contribution < -0.4 is 4.90 Å². The quantitative estimate of drug-likeness (QED) is 0.692. The Morgan fingerprint density at radius 3 is 2.66 bits per heavy atom. The van der Waals surface area contributed by atoms with Crippen LogP contribution in [-0.2, 0) is 6.42 Å². The number of nitrogens with zero attached hydrogens (tertiary/aromatic N) is 4. The minimum absolute atomic E-state index is 0.224. The van der Waals surface area contributed by atoms with Crippen LogP contribution in [-0.4, -0.2) is 58.8 Å². The van der Waals surface area contributed by atoms with Crippen LogP contribution in [0.3, 0.4) is 0 Å². The van der Waals surface area contributed by atoms with Gasteiger partial charge in [-0.1, -0.05) is 18.2 Å². The maximum absolute atomic E-state index is 13.6. The predicted octanol–water partition coefficient (Wildman–Crippen LogP) is 3.27. The molecule has 1 saturated heterocycles. The molecule has 29 heavy (non-hydrogen) atoms.